The lowest BCUT2D eigenvalue weighted by molar-refractivity contribution is -0.120. The number of unbranched alkanes of at least 4 members (excludes halogenated alkanes) is 1. The first-order valence-corrected chi connectivity index (χ1v) is 7.24. The van der Waals surface area contributed by atoms with Crippen molar-refractivity contribution < 1.29 is 4.79 Å². The molecule has 0 bridgehead atoms. The van der Waals surface area contributed by atoms with Gasteiger partial charge in [0.25, 0.3) is 0 Å². The van der Waals surface area contributed by atoms with Gasteiger partial charge in [-0.05, 0) is 32.1 Å². The van der Waals surface area contributed by atoms with Gasteiger partial charge in [-0.3, -0.25) is 4.79 Å². The average molecular weight is 240 g/mol. The van der Waals surface area contributed by atoms with Crippen molar-refractivity contribution in [1.29, 1.82) is 0 Å². The average Bonchev–Trinajstić information content (AvgIpc) is 2.37. The summed E-state index contributed by atoms with van der Waals surface area (Å²) in [5.74, 6) is 0.910. The standard InChI is InChI=1S/C14H28N2O/c1-3-4-10-15-14(17)11-16-12(2)13-8-6-5-7-9-13/h12-13,16H,3-11H2,1-2H3,(H,15,17)/t12-/m0/s1. The van der Waals surface area contributed by atoms with Crippen molar-refractivity contribution in [1.82, 2.24) is 10.6 Å². The van der Waals surface area contributed by atoms with Crippen LogP contribution in [0.5, 0.6) is 0 Å². The van der Waals surface area contributed by atoms with Crippen LogP contribution in [-0.4, -0.2) is 25.0 Å². The van der Waals surface area contributed by atoms with E-state index < -0.39 is 0 Å². The summed E-state index contributed by atoms with van der Waals surface area (Å²) >= 11 is 0. The van der Waals surface area contributed by atoms with Crippen LogP contribution in [0.15, 0.2) is 0 Å². The molecule has 0 spiro atoms. The largest absolute Gasteiger partial charge is 0.355 e. The fourth-order valence-electron chi connectivity index (χ4n) is 2.52. The maximum absolute atomic E-state index is 11.5. The van der Waals surface area contributed by atoms with Crippen LogP contribution in [0.4, 0.5) is 0 Å². The highest BCUT2D eigenvalue weighted by Crippen LogP contribution is 2.26. The molecule has 2 N–H and O–H groups in total. The Morgan fingerprint density at radius 2 is 2.00 bits per heavy atom. The Balaban J connectivity index is 2.09. The van der Waals surface area contributed by atoms with E-state index >= 15 is 0 Å². The van der Waals surface area contributed by atoms with E-state index in [0.29, 0.717) is 12.6 Å². The Bertz CT molecular complexity index is 212. The van der Waals surface area contributed by atoms with E-state index in [4.69, 9.17) is 0 Å². The molecule has 0 aromatic heterocycles. The summed E-state index contributed by atoms with van der Waals surface area (Å²) in [4.78, 5) is 11.5. The molecule has 3 nitrogen and oxygen atoms in total. The summed E-state index contributed by atoms with van der Waals surface area (Å²) in [7, 11) is 0. The number of hydrogen-bond acceptors (Lipinski definition) is 2. The summed E-state index contributed by atoms with van der Waals surface area (Å²) < 4.78 is 0. The zero-order valence-corrected chi connectivity index (χ0v) is 11.4. The molecule has 1 fully saturated rings. The minimum Gasteiger partial charge on any atom is -0.355 e. The van der Waals surface area contributed by atoms with Crippen molar-refractivity contribution in [3.63, 3.8) is 0 Å². The highest BCUT2D eigenvalue weighted by atomic mass is 16.1. The van der Waals surface area contributed by atoms with Crippen molar-refractivity contribution in [3.05, 3.63) is 0 Å². The number of rotatable bonds is 7. The molecule has 1 rings (SSSR count). The predicted molar refractivity (Wildman–Crippen MR) is 72.0 cm³/mol. The van der Waals surface area contributed by atoms with Crippen LogP contribution < -0.4 is 10.6 Å². The molecule has 0 aromatic carbocycles. The van der Waals surface area contributed by atoms with Crippen LogP contribution in [0.2, 0.25) is 0 Å². The van der Waals surface area contributed by atoms with E-state index in [9.17, 15) is 4.79 Å². The number of carbonyl (C=O) groups is 1. The van der Waals surface area contributed by atoms with Crippen molar-refractivity contribution in [2.75, 3.05) is 13.1 Å². The summed E-state index contributed by atoms with van der Waals surface area (Å²) in [6, 6.07) is 0.479. The second-order valence-corrected chi connectivity index (χ2v) is 5.27. The van der Waals surface area contributed by atoms with E-state index in [0.717, 1.165) is 25.3 Å². The second kappa shape index (κ2) is 8.51. The van der Waals surface area contributed by atoms with Crippen LogP contribution in [-0.2, 0) is 4.79 Å². The Morgan fingerprint density at radius 1 is 1.29 bits per heavy atom. The Hall–Kier alpha value is -0.570. The molecule has 1 saturated carbocycles. The molecule has 1 aliphatic rings. The van der Waals surface area contributed by atoms with E-state index in [1.165, 1.54) is 32.1 Å². The van der Waals surface area contributed by atoms with Gasteiger partial charge in [0.05, 0.1) is 6.54 Å². The molecule has 1 atom stereocenters. The lowest BCUT2D eigenvalue weighted by Gasteiger charge is -2.28. The summed E-state index contributed by atoms with van der Waals surface area (Å²) in [6.07, 6.45) is 8.97. The highest BCUT2D eigenvalue weighted by molar-refractivity contribution is 5.77. The fourth-order valence-corrected chi connectivity index (χ4v) is 2.52. The summed E-state index contributed by atoms with van der Waals surface area (Å²) in [5.41, 5.74) is 0. The zero-order chi connectivity index (χ0) is 12.5. The first-order valence-electron chi connectivity index (χ1n) is 7.24. The molecule has 1 amide bonds. The second-order valence-electron chi connectivity index (χ2n) is 5.27. The maximum atomic E-state index is 11.5. The van der Waals surface area contributed by atoms with Crippen LogP contribution in [0.1, 0.15) is 58.8 Å². The molecule has 0 aliphatic heterocycles. The van der Waals surface area contributed by atoms with Crippen LogP contribution in [0, 0.1) is 5.92 Å². The molecule has 0 radical (unpaired) electrons. The Morgan fingerprint density at radius 3 is 2.65 bits per heavy atom. The monoisotopic (exact) mass is 240 g/mol. The fraction of sp³-hybridized carbons (Fsp3) is 0.929. The van der Waals surface area contributed by atoms with Gasteiger partial charge < -0.3 is 10.6 Å². The topological polar surface area (TPSA) is 41.1 Å². The van der Waals surface area contributed by atoms with Crippen LogP contribution in [0.3, 0.4) is 0 Å². The minimum atomic E-state index is 0.140. The minimum absolute atomic E-state index is 0.140. The number of nitrogens with one attached hydrogen (secondary N) is 2. The Labute approximate surface area is 106 Å². The molecule has 100 valence electrons. The SMILES string of the molecule is CCCCNC(=O)CN[C@@H](C)C1CCCCC1. The van der Waals surface area contributed by atoms with Gasteiger partial charge in [-0.25, -0.2) is 0 Å². The maximum Gasteiger partial charge on any atom is 0.233 e. The zero-order valence-electron chi connectivity index (χ0n) is 11.4. The van der Waals surface area contributed by atoms with Crippen LogP contribution >= 0.6 is 0 Å². The van der Waals surface area contributed by atoms with Crippen LogP contribution in [0.25, 0.3) is 0 Å². The van der Waals surface area contributed by atoms with Crippen molar-refractivity contribution in [3.8, 4) is 0 Å². The number of hydrogen-bond donors (Lipinski definition) is 2. The lowest BCUT2D eigenvalue weighted by Crippen LogP contribution is -2.41. The predicted octanol–water partition coefficient (Wildman–Crippen LogP) is 2.46. The quantitative estimate of drug-likeness (QED) is 0.671. The smallest absolute Gasteiger partial charge is 0.233 e. The van der Waals surface area contributed by atoms with Gasteiger partial charge in [0, 0.05) is 12.6 Å². The third-order valence-electron chi connectivity index (χ3n) is 3.79. The highest BCUT2D eigenvalue weighted by Gasteiger charge is 2.19. The molecular weight excluding hydrogens is 212 g/mol. The normalized spacial score (nSPS) is 18.9. The molecule has 0 aromatic rings. The molecule has 1 aliphatic carbocycles. The van der Waals surface area contributed by atoms with E-state index in [1.54, 1.807) is 0 Å². The molecule has 3 heteroatoms. The number of carbonyl (C=O) groups excluding carboxylic acids is 1. The molecule has 0 heterocycles. The van der Waals surface area contributed by atoms with E-state index in [-0.39, 0.29) is 5.91 Å². The lowest BCUT2D eigenvalue weighted by atomic mass is 9.84. The van der Waals surface area contributed by atoms with Gasteiger partial charge in [-0.15, -0.1) is 0 Å². The first-order chi connectivity index (χ1) is 8.24. The van der Waals surface area contributed by atoms with Gasteiger partial charge in [-0.1, -0.05) is 32.6 Å². The first kappa shape index (κ1) is 14.5. The summed E-state index contributed by atoms with van der Waals surface area (Å²) in [5, 5.41) is 6.31. The third-order valence-corrected chi connectivity index (χ3v) is 3.79. The van der Waals surface area contributed by atoms with E-state index in [1.807, 2.05) is 0 Å². The van der Waals surface area contributed by atoms with Gasteiger partial charge in [0.2, 0.25) is 5.91 Å². The van der Waals surface area contributed by atoms with Crippen molar-refractivity contribution in [2.24, 2.45) is 5.92 Å². The molecular formula is C14H28N2O. The van der Waals surface area contributed by atoms with Gasteiger partial charge in [-0.2, -0.15) is 0 Å². The Kier molecular flexibility index (Phi) is 7.25. The van der Waals surface area contributed by atoms with Gasteiger partial charge in [0.1, 0.15) is 0 Å². The van der Waals surface area contributed by atoms with Crippen molar-refractivity contribution >= 4 is 5.91 Å². The number of amides is 1. The molecule has 17 heavy (non-hydrogen) atoms. The van der Waals surface area contributed by atoms with E-state index in [2.05, 4.69) is 24.5 Å². The molecule has 0 saturated heterocycles. The van der Waals surface area contributed by atoms with Gasteiger partial charge >= 0.3 is 0 Å². The molecule has 0 unspecified atom stereocenters. The van der Waals surface area contributed by atoms with Crippen molar-refractivity contribution in [2.45, 2.75) is 64.8 Å². The third kappa shape index (κ3) is 6.06. The summed E-state index contributed by atoms with van der Waals surface area (Å²) in [6.45, 7) is 5.64. The van der Waals surface area contributed by atoms with Gasteiger partial charge in [0.15, 0.2) is 0 Å².